The van der Waals surface area contributed by atoms with E-state index >= 15 is 0 Å². The quantitative estimate of drug-likeness (QED) is 0.275. The number of aromatic amines is 2. The molecule has 194 valence electrons. The Hall–Kier alpha value is -4.63. The number of likely N-dealkylation sites (tertiary alicyclic amines) is 1. The summed E-state index contributed by atoms with van der Waals surface area (Å²) in [6.45, 7) is 3.85. The number of hydrogen-bond acceptors (Lipinski definition) is 6. The molecule has 9 heteroatoms. The molecule has 1 aromatic carbocycles. The highest BCUT2D eigenvalue weighted by atomic mass is 19.1. The predicted molar refractivity (Wildman–Crippen MR) is 149 cm³/mol. The molecule has 0 atom stereocenters. The van der Waals surface area contributed by atoms with Crippen molar-refractivity contribution in [2.45, 2.75) is 12.8 Å². The van der Waals surface area contributed by atoms with Crippen molar-refractivity contribution in [1.29, 1.82) is 0 Å². The van der Waals surface area contributed by atoms with E-state index in [0.717, 1.165) is 69.9 Å². The first-order chi connectivity index (χ1) is 19.2. The lowest BCUT2D eigenvalue weighted by molar-refractivity contribution is 0.237. The lowest BCUT2D eigenvalue weighted by Gasteiger charge is -2.15. The fraction of sp³-hybridized carbons (Fsp3) is 0.200. The van der Waals surface area contributed by atoms with Gasteiger partial charge in [0.15, 0.2) is 0 Å². The number of H-pyrrole nitrogens is 2. The van der Waals surface area contributed by atoms with Crippen LogP contribution in [0.4, 0.5) is 4.39 Å². The van der Waals surface area contributed by atoms with Crippen molar-refractivity contribution >= 4 is 21.9 Å². The Morgan fingerprint density at radius 2 is 1.82 bits per heavy atom. The molecule has 2 N–H and O–H groups in total. The summed E-state index contributed by atoms with van der Waals surface area (Å²) in [4.78, 5) is 19.3. The number of ether oxygens (including phenoxy) is 1. The SMILES string of the molecule is Fc1ccccc1-c1ccnc2[nH]c(-c3n[nH]c4cnc(-c5cncc(OCCN6CCCC6)c5)cc34)cc12. The van der Waals surface area contributed by atoms with Gasteiger partial charge in [0.05, 0.1) is 29.3 Å². The van der Waals surface area contributed by atoms with Gasteiger partial charge >= 0.3 is 0 Å². The molecule has 1 fully saturated rings. The van der Waals surface area contributed by atoms with Crippen molar-refractivity contribution in [3.63, 3.8) is 0 Å². The minimum absolute atomic E-state index is 0.274. The zero-order valence-electron chi connectivity index (χ0n) is 21.2. The van der Waals surface area contributed by atoms with Crippen LogP contribution in [-0.4, -0.2) is 61.3 Å². The Kier molecular flexibility index (Phi) is 5.97. The molecule has 7 rings (SSSR count). The topological polar surface area (TPSA) is 95.6 Å². The Labute approximate surface area is 223 Å². The molecule has 0 aliphatic carbocycles. The van der Waals surface area contributed by atoms with Gasteiger partial charge in [-0.2, -0.15) is 5.10 Å². The summed E-state index contributed by atoms with van der Waals surface area (Å²) < 4.78 is 20.6. The van der Waals surface area contributed by atoms with Gasteiger partial charge in [-0.25, -0.2) is 9.37 Å². The smallest absolute Gasteiger partial charge is 0.138 e. The molecule has 6 aromatic rings. The number of benzene rings is 1. The molecule has 1 saturated heterocycles. The zero-order valence-corrected chi connectivity index (χ0v) is 21.2. The van der Waals surface area contributed by atoms with Crippen LogP contribution in [0.2, 0.25) is 0 Å². The maximum Gasteiger partial charge on any atom is 0.138 e. The first-order valence-electron chi connectivity index (χ1n) is 13.1. The summed E-state index contributed by atoms with van der Waals surface area (Å²) in [5, 5.41) is 9.37. The van der Waals surface area contributed by atoms with Gasteiger partial charge in [0.1, 0.15) is 29.5 Å². The zero-order chi connectivity index (χ0) is 26.2. The van der Waals surface area contributed by atoms with E-state index in [2.05, 4.69) is 35.0 Å². The molecule has 5 aromatic heterocycles. The molecule has 0 bridgehead atoms. The van der Waals surface area contributed by atoms with Gasteiger partial charge in [0, 0.05) is 40.8 Å². The summed E-state index contributed by atoms with van der Waals surface area (Å²) >= 11 is 0. The van der Waals surface area contributed by atoms with E-state index in [1.807, 2.05) is 30.3 Å². The highest BCUT2D eigenvalue weighted by Crippen LogP contribution is 2.35. The number of pyridine rings is 3. The molecular formula is C30H26FN7O. The monoisotopic (exact) mass is 519 g/mol. The third kappa shape index (κ3) is 4.51. The lowest BCUT2D eigenvalue weighted by Crippen LogP contribution is -2.25. The molecule has 0 spiro atoms. The maximum atomic E-state index is 14.6. The molecule has 0 amide bonds. The Bertz CT molecular complexity index is 1790. The number of rotatable bonds is 7. The van der Waals surface area contributed by atoms with E-state index in [9.17, 15) is 4.39 Å². The number of aromatic nitrogens is 6. The van der Waals surface area contributed by atoms with Crippen molar-refractivity contribution in [2.24, 2.45) is 0 Å². The predicted octanol–water partition coefficient (Wildman–Crippen LogP) is 5.84. The van der Waals surface area contributed by atoms with E-state index in [-0.39, 0.29) is 5.82 Å². The number of hydrogen-bond donors (Lipinski definition) is 2. The van der Waals surface area contributed by atoms with Crippen LogP contribution in [0, 0.1) is 5.82 Å². The number of nitrogens with one attached hydrogen (secondary N) is 2. The van der Waals surface area contributed by atoms with Gasteiger partial charge in [-0.3, -0.25) is 20.0 Å². The third-order valence-corrected chi connectivity index (χ3v) is 7.28. The van der Waals surface area contributed by atoms with Crippen molar-refractivity contribution in [1.82, 2.24) is 35.0 Å². The van der Waals surface area contributed by atoms with Crippen molar-refractivity contribution in [3.8, 4) is 39.5 Å². The largest absolute Gasteiger partial charge is 0.491 e. The number of nitrogens with zero attached hydrogens (tertiary/aromatic N) is 5. The Balaban J connectivity index is 1.21. The van der Waals surface area contributed by atoms with E-state index in [1.165, 1.54) is 18.9 Å². The average Bonchev–Trinajstić information content (AvgIpc) is 3.73. The molecule has 0 saturated carbocycles. The van der Waals surface area contributed by atoms with Crippen LogP contribution in [0.1, 0.15) is 12.8 Å². The summed E-state index contributed by atoms with van der Waals surface area (Å²) in [5.41, 5.74) is 5.92. The van der Waals surface area contributed by atoms with Crippen LogP contribution in [0.25, 0.3) is 55.7 Å². The van der Waals surface area contributed by atoms with Crippen molar-refractivity contribution in [3.05, 3.63) is 79.1 Å². The molecule has 6 heterocycles. The molecule has 1 aliphatic rings. The van der Waals surface area contributed by atoms with Crippen LogP contribution < -0.4 is 4.74 Å². The summed E-state index contributed by atoms with van der Waals surface area (Å²) in [5.74, 6) is 0.452. The summed E-state index contributed by atoms with van der Waals surface area (Å²) in [6.07, 6.45) is 9.51. The van der Waals surface area contributed by atoms with Gasteiger partial charge in [0.2, 0.25) is 0 Å². The second-order valence-corrected chi connectivity index (χ2v) is 9.78. The van der Waals surface area contributed by atoms with E-state index < -0.39 is 0 Å². The van der Waals surface area contributed by atoms with Crippen LogP contribution in [0.3, 0.4) is 0 Å². The van der Waals surface area contributed by atoms with Crippen molar-refractivity contribution in [2.75, 3.05) is 26.2 Å². The van der Waals surface area contributed by atoms with Gasteiger partial charge in [0.25, 0.3) is 0 Å². The average molecular weight is 520 g/mol. The number of halogens is 1. The normalized spacial score (nSPS) is 14.0. The Morgan fingerprint density at radius 1 is 0.923 bits per heavy atom. The molecule has 8 nitrogen and oxygen atoms in total. The van der Waals surface area contributed by atoms with Crippen LogP contribution in [0.15, 0.2) is 73.3 Å². The second kappa shape index (κ2) is 9.92. The standard InChI is InChI=1S/C30H26FN7O/c31-25-6-2-1-5-22(25)21-7-8-33-30-23(21)14-27(35-30)29-24-15-26(34-18-28(24)36-37-29)19-13-20(17-32-16-19)39-12-11-38-9-3-4-10-38/h1-2,5-8,13-18H,3-4,9-12H2,(H,33,35)(H,36,37). The maximum absolute atomic E-state index is 14.6. The molecule has 1 aliphatic heterocycles. The van der Waals surface area contributed by atoms with Crippen LogP contribution in [0.5, 0.6) is 5.75 Å². The molecule has 39 heavy (non-hydrogen) atoms. The minimum atomic E-state index is -0.274. The molecule has 0 radical (unpaired) electrons. The molecular weight excluding hydrogens is 493 g/mol. The summed E-state index contributed by atoms with van der Waals surface area (Å²) in [7, 11) is 0. The fourth-order valence-corrected chi connectivity index (χ4v) is 5.29. The first kappa shape index (κ1) is 23.5. The third-order valence-electron chi connectivity index (χ3n) is 7.28. The second-order valence-electron chi connectivity index (χ2n) is 9.78. The van der Waals surface area contributed by atoms with Crippen LogP contribution in [-0.2, 0) is 0 Å². The van der Waals surface area contributed by atoms with Gasteiger partial charge < -0.3 is 9.72 Å². The highest BCUT2D eigenvalue weighted by molar-refractivity contribution is 6.00. The minimum Gasteiger partial charge on any atom is -0.491 e. The lowest BCUT2D eigenvalue weighted by atomic mass is 10.0. The first-order valence-corrected chi connectivity index (χ1v) is 13.1. The van der Waals surface area contributed by atoms with Gasteiger partial charge in [-0.15, -0.1) is 0 Å². The van der Waals surface area contributed by atoms with E-state index in [1.54, 1.807) is 36.9 Å². The number of fused-ring (bicyclic) bond motifs is 2. The summed E-state index contributed by atoms with van der Waals surface area (Å²) in [6, 6.07) is 14.5. The van der Waals surface area contributed by atoms with Crippen LogP contribution >= 0.6 is 0 Å². The highest BCUT2D eigenvalue weighted by Gasteiger charge is 2.17. The van der Waals surface area contributed by atoms with Gasteiger partial charge in [-0.05, 0) is 61.8 Å². The van der Waals surface area contributed by atoms with E-state index in [0.29, 0.717) is 17.8 Å². The Morgan fingerprint density at radius 3 is 2.72 bits per heavy atom. The van der Waals surface area contributed by atoms with Crippen molar-refractivity contribution < 1.29 is 9.13 Å². The fourth-order valence-electron chi connectivity index (χ4n) is 5.29. The van der Waals surface area contributed by atoms with E-state index in [4.69, 9.17) is 4.74 Å². The van der Waals surface area contributed by atoms with Gasteiger partial charge in [-0.1, -0.05) is 18.2 Å². The molecule has 0 unspecified atom stereocenters.